The van der Waals surface area contributed by atoms with Crippen molar-refractivity contribution < 1.29 is 32.9 Å². The van der Waals surface area contributed by atoms with Crippen LogP contribution in [-0.4, -0.2) is 33.4 Å². The highest BCUT2D eigenvalue weighted by atomic mass is 19.1. The SMILES string of the molecule is COC=C(C(=O)OC)c1ccccc1COc1cc(F)cc(OCCOc2ccccc2)c1. The second kappa shape index (κ2) is 12.1. The Labute approximate surface area is 192 Å². The van der Waals surface area contributed by atoms with Crippen LogP contribution in [-0.2, 0) is 20.9 Å². The van der Waals surface area contributed by atoms with E-state index in [2.05, 4.69) is 0 Å². The molecule has 0 bridgehead atoms. The lowest BCUT2D eigenvalue weighted by atomic mass is 10.0. The Morgan fingerprint density at radius 2 is 1.45 bits per heavy atom. The zero-order valence-corrected chi connectivity index (χ0v) is 18.5. The molecular weight excluding hydrogens is 427 g/mol. The number of hydrogen-bond acceptors (Lipinski definition) is 6. The van der Waals surface area contributed by atoms with Crippen molar-refractivity contribution in [1.29, 1.82) is 0 Å². The van der Waals surface area contributed by atoms with Crippen LogP contribution in [0.1, 0.15) is 11.1 Å². The number of benzene rings is 3. The topological polar surface area (TPSA) is 63.2 Å². The van der Waals surface area contributed by atoms with E-state index in [4.69, 9.17) is 23.7 Å². The van der Waals surface area contributed by atoms with Gasteiger partial charge in [-0.2, -0.15) is 0 Å². The highest BCUT2D eigenvalue weighted by Crippen LogP contribution is 2.26. The predicted octanol–water partition coefficient (Wildman–Crippen LogP) is 5.02. The van der Waals surface area contributed by atoms with Gasteiger partial charge in [-0.15, -0.1) is 0 Å². The molecule has 0 N–H and O–H groups in total. The predicted molar refractivity (Wildman–Crippen MR) is 122 cm³/mol. The first kappa shape index (κ1) is 23.7. The molecule has 3 aromatic rings. The van der Waals surface area contributed by atoms with Gasteiger partial charge in [0.1, 0.15) is 48.5 Å². The molecule has 6 nitrogen and oxygen atoms in total. The summed E-state index contributed by atoms with van der Waals surface area (Å²) in [6.45, 7) is 0.644. The molecule has 0 heterocycles. The molecular formula is C26H25FO6. The largest absolute Gasteiger partial charge is 0.503 e. The van der Waals surface area contributed by atoms with Crippen molar-refractivity contribution in [3.05, 3.63) is 96.0 Å². The second-order valence-corrected chi connectivity index (χ2v) is 6.84. The van der Waals surface area contributed by atoms with Crippen LogP contribution in [0.15, 0.2) is 79.1 Å². The lowest BCUT2D eigenvalue weighted by Crippen LogP contribution is -2.09. The summed E-state index contributed by atoms with van der Waals surface area (Å²) >= 11 is 0. The number of methoxy groups -OCH3 is 2. The monoisotopic (exact) mass is 452 g/mol. The maximum atomic E-state index is 14.1. The molecule has 0 spiro atoms. The molecule has 172 valence electrons. The molecule has 3 rings (SSSR count). The third-order valence-electron chi connectivity index (χ3n) is 4.55. The van der Waals surface area contributed by atoms with E-state index in [0.29, 0.717) is 29.2 Å². The Hall–Kier alpha value is -4.00. The summed E-state index contributed by atoms with van der Waals surface area (Å²) in [7, 11) is 2.74. The van der Waals surface area contributed by atoms with Crippen LogP contribution in [0, 0.1) is 5.82 Å². The van der Waals surface area contributed by atoms with Crippen molar-refractivity contribution in [2.45, 2.75) is 6.61 Å². The summed E-state index contributed by atoms with van der Waals surface area (Å²) in [5, 5.41) is 0. The smallest absolute Gasteiger partial charge is 0.341 e. The number of halogens is 1. The molecule has 0 aliphatic carbocycles. The Bertz CT molecular complexity index is 1080. The Morgan fingerprint density at radius 1 is 0.818 bits per heavy atom. The maximum absolute atomic E-state index is 14.1. The van der Waals surface area contributed by atoms with E-state index in [1.54, 1.807) is 24.3 Å². The summed E-state index contributed by atoms with van der Waals surface area (Å²) < 4.78 is 41.0. The van der Waals surface area contributed by atoms with Gasteiger partial charge in [-0.1, -0.05) is 42.5 Å². The summed E-state index contributed by atoms with van der Waals surface area (Å²) in [5.41, 5.74) is 1.55. The number of carbonyl (C=O) groups is 1. The van der Waals surface area contributed by atoms with Crippen LogP contribution in [0.4, 0.5) is 4.39 Å². The standard InChI is InChI=1S/C26H25FO6/c1-29-18-25(26(28)30-2)24-11-7-6-8-19(24)17-33-23-15-20(27)14-22(16-23)32-13-12-31-21-9-4-3-5-10-21/h3-11,14-16,18H,12-13,17H2,1-2H3. The van der Waals surface area contributed by atoms with Crippen LogP contribution < -0.4 is 14.2 Å². The summed E-state index contributed by atoms with van der Waals surface area (Å²) in [6, 6.07) is 20.7. The highest BCUT2D eigenvalue weighted by Gasteiger charge is 2.17. The number of ether oxygens (including phenoxy) is 5. The van der Waals surface area contributed by atoms with Crippen LogP contribution >= 0.6 is 0 Å². The first-order valence-electron chi connectivity index (χ1n) is 10.2. The van der Waals surface area contributed by atoms with Crippen molar-refractivity contribution in [2.24, 2.45) is 0 Å². The molecule has 0 amide bonds. The molecule has 0 aliphatic rings. The molecule has 7 heteroatoms. The molecule has 0 aliphatic heterocycles. The van der Waals surface area contributed by atoms with Gasteiger partial charge in [0.05, 0.1) is 20.5 Å². The van der Waals surface area contributed by atoms with Gasteiger partial charge in [0.15, 0.2) is 0 Å². The van der Waals surface area contributed by atoms with Crippen LogP contribution in [0.5, 0.6) is 17.2 Å². The fourth-order valence-corrected chi connectivity index (χ4v) is 3.06. The highest BCUT2D eigenvalue weighted by molar-refractivity contribution is 6.16. The maximum Gasteiger partial charge on any atom is 0.341 e. The Balaban J connectivity index is 1.64. The van der Waals surface area contributed by atoms with Crippen molar-refractivity contribution in [3.8, 4) is 17.2 Å². The number of carbonyl (C=O) groups excluding carboxylic acids is 1. The van der Waals surface area contributed by atoms with Gasteiger partial charge in [0, 0.05) is 18.2 Å². The average molecular weight is 452 g/mol. The normalized spacial score (nSPS) is 10.9. The minimum absolute atomic E-state index is 0.0915. The van der Waals surface area contributed by atoms with Crippen molar-refractivity contribution in [2.75, 3.05) is 27.4 Å². The van der Waals surface area contributed by atoms with Crippen molar-refractivity contribution in [3.63, 3.8) is 0 Å². The van der Waals surface area contributed by atoms with Gasteiger partial charge < -0.3 is 23.7 Å². The Morgan fingerprint density at radius 3 is 2.15 bits per heavy atom. The number of para-hydroxylation sites is 1. The molecule has 0 atom stereocenters. The third kappa shape index (κ3) is 7.00. The lowest BCUT2D eigenvalue weighted by molar-refractivity contribution is -0.133. The lowest BCUT2D eigenvalue weighted by Gasteiger charge is -2.14. The van der Waals surface area contributed by atoms with Gasteiger partial charge in [-0.25, -0.2) is 9.18 Å². The van der Waals surface area contributed by atoms with E-state index >= 15 is 0 Å². The van der Waals surface area contributed by atoms with E-state index in [1.165, 1.54) is 32.6 Å². The minimum atomic E-state index is -0.538. The molecule has 3 aromatic carbocycles. The van der Waals surface area contributed by atoms with Crippen LogP contribution in [0.25, 0.3) is 5.57 Å². The zero-order valence-electron chi connectivity index (χ0n) is 18.5. The zero-order chi connectivity index (χ0) is 23.5. The average Bonchev–Trinajstić information content (AvgIpc) is 2.84. The number of rotatable bonds is 11. The fraction of sp³-hybridized carbons (Fsp3) is 0.192. The van der Waals surface area contributed by atoms with E-state index in [9.17, 15) is 9.18 Å². The van der Waals surface area contributed by atoms with Gasteiger partial charge in [0.25, 0.3) is 0 Å². The number of hydrogen-bond donors (Lipinski definition) is 0. The first-order valence-corrected chi connectivity index (χ1v) is 10.2. The minimum Gasteiger partial charge on any atom is -0.503 e. The summed E-state index contributed by atoms with van der Waals surface area (Å²) in [4.78, 5) is 12.1. The fourth-order valence-electron chi connectivity index (χ4n) is 3.06. The third-order valence-corrected chi connectivity index (χ3v) is 4.55. The van der Waals surface area contributed by atoms with E-state index in [0.717, 1.165) is 5.75 Å². The van der Waals surface area contributed by atoms with E-state index < -0.39 is 11.8 Å². The van der Waals surface area contributed by atoms with Crippen molar-refractivity contribution in [1.82, 2.24) is 0 Å². The second-order valence-electron chi connectivity index (χ2n) is 6.84. The summed E-state index contributed by atoms with van der Waals surface area (Å²) in [6.07, 6.45) is 1.32. The molecule has 0 saturated carbocycles. The summed E-state index contributed by atoms with van der Waals surface area (Å²) in [5.74, 6) is 0.318. The Kier molecular flexibility index (Phi) is 8.71. The van der Waals surface area contributed by atoms with Gasteiger partial charge in [-0.3, -0.25) is 0 Å². The molecule has 0 radical (unpaired) electrons. The van der Waals surface area contributed by atoms with Crippen LogP contribution in [0.3, 0.4) is 0 Å². The molecule has 33 heavy (non-hydrogen) atoms. The van der Waals surface area contributed by atoms with E-state index in [1.807, 2.05) is 36.4 Å². The number of esters is 1. The molecule has 0 saturated heterocycles. The molecule has 0 fully saturated rings. The van der Waals surface area contributed by atoms with Gasteiger partial charge >= 0.3 is 5.97 Å². The first-order chi connectivity index (χ1) is 16.1. The molecule has 0 aromatic heterocycles. The van der Waals surface area contributed by atoms with E-state index in [-0.39, 0.29) is 18.8 Å². The van der Waals surface area contributed by atoms with Gasteiger partial charge in [0.2, 0.25) is 0 Å². The van der Waals surface area contributed by atoms with Gasteiger partial charge in [-0.05, 0) is 23.3 Å². The quantitative estimate of drug-likeness (QED) is 0.176. The molecule has 0 unspecified atom stereocenters. The van der Waals surface area contributed by atoms with Crippen molar-refractivity contribution >= 4 is 11.5 Å². The van der Waals surface area contributed by atoms with Crippen LogP contribution in [0.2, 0.25) is 0 Å².